The SMILES string of the molecule is CCn1nnc2cc(C(=O)N3CCO[C@H](C)C3)ccc21. The molecule has 1 amide bonds. The second-order valence-corrected chi connectivity index (χ2v) is 5.04. The van der Waals surface area contributed by atoms with Crippen molar-refractivity contribution in [1.29, 1.82) is 0 Å². The number of nitrogens with zero attached hydrogens (tertiary/aromatic N) is 4. The minimum Gasteiger partial charge on any atom is -0.375 e. The molecule has 1 fully saturated rings. The number of amides is 1. The van der Waals surface area contributed by atoms with Gasteiger partial charge in [0.2, 0.25) is 0 Å². The number of aromatic nitrogens is 3. The first-order valence-corrected chi connectivity index (χ1v) is 6.93. The first-order valence-electron chi connectivity index (χ1n) is 6.93. The molecule has 0 saturated carbocycles. The molecule has 1 aliphatic rings. The lowest BCUT2D eigenvalue weighted by Crippen LogP contribution is -2.44. The van der Waals surface area contributed by atoms with Crippen LogP contribution < -0.4 is 0 Å². The van der Waals surface area contributed by atoms with Crippen LogP contribution >= 0.6 is 0 Å². The summed E-state index contributed by atoms with van der Waals surface area (Å²) in [5.74, 6) is 0.0353. The molecule has 6 heteroatoms. The Hall–Kier alpha value is -1.95. The molecule has 1 aromatic carbocycles. The Morgan fingerprint density at radius 1 is 1.50 bits per heavy atom. The number of morpholine rings is 1. The maximum atomic E-state index is 12.5. The minimum atomic E-state index is 0.0353. The van der Waals surface area contributed by atoms with Crippen LogP contribution in [0.5, 0.6) is 0 Å². The predicted molar refractivity (Wildman–Crippen MR) is 74.5 cm³/mol. The van der Waals surface area contributed by atoms with Gasteiger partial charge in [-0.15, -0.1) is 5.10 Å². The van der Waals surface area contributed by atoms with E-state index in [9.17, 15) is 4.79 Å². The van der Waals surface area contributed by atoms with Crippen LogP contribution in [-0.4, -0.2) is 51.6 Å². The normalized spacial score (nSPS) is 19.5. The van der Waals surface area contributed by atoms with Crippen LogP contribution in [0.2, 0.25) is 0 Å². The Labute approximate surface area is 117 Å². The van der Waals surface area contributed by atoms with Gasteiger partial charge in [0, 0.05) is 25.2 Å². The monoisotopic (exact) mass is 274 g/mol. The van der Waals surface area contributed by atoms with Gasteiger partial charge in [0.1, 0.15) is 5.52 Å². The van der Waals surface area contributed by atoms with Crippen molar-refractivity contribution in [2.45, 2.75) is 26.5 Å². The van der Waals surface area contributed by atoms with Gasteiger partial charge in [-0.3, -0.25) is 4.79 Å². The van der Waals surface area contributed by atoms with Gasteiger partial charge in [0.25, 0.3) is 5.91 Å². The molecule has 1 saturated heterocycles. The van der Waals surface area contributed by atoms with Crippen molar-refractivity contribution in [3.63, 3.8) is 0 Å². The molecule has 6 nitrogen and oxygen atoms in total. The fourth-order valence-corrected chi connectivity index (χ4v) is 2.52. The first-order chi connectivity index (χ1) is 9.69. The maximum Gasteiger partial charge on any atom is 0.254 e. The average Bonchev–Trinajstić information content (AvgIpc) is 2.88. The number of carbonyl (C=O) groups excluding carboxylic acids is 1. The summed E-state index contributed by atoms with van der Waals surface area (Å²) in [5.41, 5.74) is 2.38. The Balaban J connectivity index is 1.88. The van der Waals surface area contributed by atoms with Gasteiger partial charge in [0.05, 0.1) is 18.2 Å². The van der Waals surface area contributed by atoms with Crippen molar-refractivity contribution >= 4 is 16.9 Å². The lowest BCUT2D eigenvalue weighted by Gasteiger charge is -2.31. The number of hydrogen-bond donors (Lipinski definition) is 0. The number of rotatable bonds is 2. The second-order valence-electron chi connectivity index (χ2n) is 5.04. The molecule has 1 aromatic heterocycles. The van der Waals surface area contributed by atoms with Crippen LogP contribution in [0, 0.1) is 0 Å². The Kier molecular flexibility index (Phi) is 3.40. The first kappa shape index (κ1) is 13.1. The van der Waals surface area contributed by atoms with Gasteiger partial charge in [-0.1, -0.05) is 5.21 Å². The zero-order valence-corrected chi connectivity index (χ0v) is 11.7. The van der Waals surface area contributed by atoms with Gasteiger partial charge in [-0.05, 0) is 32.0 Å². The summed E-state index contributed by atoms with van der Waals surface area (Å²) >= 11 is 0. The van der Waals surface area contributed by atoms with E-state index in [4.69, 9.17) is 4.74 Å². The molecular weight excluding hydrogens is 256 g/mol. The summed E-state index contributed by atoms with van der Waals surface area (Å²) in [7, 11) is 0. The molecule has 0 aliphatic carbocycles. The van der Waals surface area contributed by atoms with E-state index in [1.54, 1.807) is 0 Å². The van der Waals surface area contributed by atoms with Crippen molar-refractivity contribution in [2.24, 2.45) is 0 Å². The van der Waals surface area contributed by atoms with Crippen LogP contribution in [0.25, 0.3) is 11.0 Å². The lowest BCUT2D eigenvalue weighted by atomic mass is 10.1. The van der Waals surface area contributed by atoms with Crippen LogP contribution in [-0.2, 0) is 11.3 Å². The number of carbonyl (C=O) groups is 1. The second kappa shape index (κ2) is 5.20. The Bertz CT molecular complexity index is 637. The molecular formula is C14H18N4O2. The Morgan fingerprint density at radius 3 is 3.10 bits per heavy atom. The van der Waals surface area contributed by atoms with Crippen LogP contribution in [0.4, 0.5) is 0 Å². The number of benzene rings is 1. The van der Waals surface area contributed by atoms with Crippen molar-refractivity contribution in [3.05, 3.63) is 23.8 Å². The number of ether oxygens (including phenoxy) is 1. The van der Waals surface area contributed by atoms with Crippen LogP contribution in [0.1, 0.15) is 24.2 Å². The lowest BCUT2D eigenvalue weighted by molar-refractivity contribution is -0.0124. The number of aryl methyl sites for hydroxylation is 1. The third-order valence-electron chi connectivity index (χ3n) is 3.59. The third kappa shape index (κ3) is 2.27. The molecule has 1 atom stereocenters. The highest BCUT2D eigenvalue weighted by molar-refractivity contribution is 5.97. The van der Waals surface area contributed by atoms with Gasteiger partial charge < -0.3 is 9.64 Å². The summed E-state index contributed by atoms with van der Waals surface area (Å²) in [4.78, 5) is 14.3. The van der Waals surface area contributed by atoms with E-state index < -0.39 is 0 Å². The van der Waals surface area contributed by atoms with E-state index in [1.165, 1.54) is 0 Å². The molecule has 3 rings (SSSR count). The molecule has 0 spiro atoms. The minimum absolute atomic E-state index is 0.0353. The average molecular weight is 274 g/mol. The summed E-state index contributed by atoms with van der Waals surface area (Å²) in [6, 6.07) is 5.58. The van der Waals surface area contributed by atoms with Gasteiger partial charge in [-0.25, -0.2) is 4.68 Å². The fourth-order valence-electron chi connectivity index (χ4n) is 2.52. The van der Waals surface area contributed by atoms with Gasteiger partial charge in [0.15, 0.2) is 0 Å². The molecule has 20 heavy (non-hydrogen) atoms. The highest BCUT2D eigenvalue weighted by Crippen LogP contribution is 2.16. The standard InChI is InChI=1S/C14H18N4O2/c1-3-18-13-5-4-11(8-12(13)15-16-18)14(19)17-6-7-20-10(2)9-17/h4-5,8,10H,3,6-7,9H2,1-2H3/t10-/m1/s1. The topological polar surface area (TPSA) is 60.2 Å². The van der Waals surface area contributed by atoms with E-state index >= 15 is 0 Å². The van der Waals surface area contributed by atoms with Crippen molar-refractivity contribution in [1.82, 2.24) is 19.9 Å². The van der Waals surface area contributed by atoms with Crippen molar-refractivity contribution < 1.29 is 9.53 Å². The molecule has 2 heterocycles. The zero-order chi connectivity index (χ0) is 14.1. The molecule has 106 valence electrons. The molecule has 0 N–H and O–H groups in total. The smallest absolute Gasteiger partial charge is 0.254 e. The van der Waals surface area contributed by atoms with E-state index in [1.807, 2.05) is 41.6 Å². The number of hydrogen-bond acceptors (Lipinski definition) is 4. The third-order valence-corrected chi connectivity index (χ3v) is 3.59. The van der Waals surface area contributed by atoms with Gasteiger partial charge in [-0.2, -0.15) is 0 Å². The maximum absolute atomic E-state index is 12.5. The largest absolute Gasteiger partial charge is 0.375 e. The van der Waals surface area contributed by atoms with E-state index in [0.717, 1.165) is 17.6 Å². The highest BCUT2D eigenvalue weighted by atomic mass is 16.5. The molecule has 0 radical (unpaired) electrons. The van der Waals surface area contributed by atoms with E-state index in [2.05, 4.69) is 10.3 Å². The molecule has 1 aliphatic heterocycles. The van der Waals surface area contributed by atoms with Crippen molar-refractivity contribution in [2.75, 3.05) is 19.7 Å². The molecule has 0 bridgehead atoms. The van der Waals surface area contributed by atoms with Crippen LogP contribution in [0.3, 0.4) is 0 Å². The van der Waals surface area contributed by atoms with Crippen LogP contribution in [0.15, 0.2) is 18.2 Å². The summed E-state index contributed by atoms with van der Waals surface area (Å²) in [6.45, 7) is 6.64. The quantitative estimate of drug-likeness (QED) is 0.828. The highest BCUT2D eigenvalue weighted by Gasteiger charge is 2.22. The molecule has 2 aromatic rings. The van der Waals surface area contributed by atoms with Crippen molar-refractivity contribution in [3.8, 4) is 0 Å². The summed E-state index contributed by atoms with van der Waals surface area (Å²) < 4.78 is 7.28. The fraction of sp³-hybridized carbons (Fsp3) is 0.500. The van der Waals surface area contributed by atoms with E-state index in [-0.39, 0.29) is 12.0 Å². The zero-order valence-electron chi connectivity index (χ0n) is 11.7. The summed E-state index contributed by atoms with van der Waals surface area (Å²) in [6.07, 6.45) is 0.0948. The molecule has 0 unspecified atom stereocenters. The van der Waals surface area contributed by atoms with E-state index in [0.29, 0.717) is 25.3 Å². The van der Waals surface area contributed by atoms with Gasteiger partial charge >= 0.3 is 0 Å². The number of fused-ring (bicyclic) bond motifs is 1. The summed E-state index contributed by atoms with van der Waals surface area (Å²) in [5, 5.41) is 8.17. The predicted octanol–water partition coefficient (Wildman–Crippen LogP) is 1.31. The Morgan fingerprint density at radius 2 is 2.35 bits per heavy atom.